The molecule has 118 valence electrons. The molecule has 21 heavy (non-hydrogen) atoms. The van der Waals surface area contributed by atoms with Crippen molar-refractivity contribution in [1.29, 1.82) is 0 Å². The standard InChI is InChI=1S/C15H23NO4S/c1-3-5-11(16-19-4-2)13-12(17)10-15(20-14(13)18)6-8-21-9-7-15/h13H,3-10H2,1-2H3/b16-11+. The lowest BCUT2D eigenvalue weighted by atomic mass is 9.81. The summed E-state index contributed by atoms with van der Waals surface area (Å²) in [5.41, 5.74) is -0.0480. The lowest BCUT2D eigenvalue weighted by Gasteiger charge is -2.40. The number of hydrogen-bond acceptors (Lipinski definition) is 6. The number of carbonyl (C=O) groups excluding carboxylic acids is 2. The van der Waals surface area contributed by atoms with Crippen LogP contribution in [0.15, 0.2) is 5.16 Å². The zero-order valence-corrected chi connectivity index (χ0v) is 13.5. The van der Waals surface area contributed by atoms with Crippen LogP contribution in [0.3, 0.4) is 0 Å². The molecule has 0 saturated carbocycles. The van der Waals surface area contributed by atoms with Gasteiger partial charge in [-0.15, -0.1) is 0 Å². The van der Waals surface area contributed by atoms with Crippen molar-refractivity contribution in [2.75, 3.05) is 18.1 Å². The van der Waals surface area contributed by atoms with Gasteiger partial charge < -0.3 is 9.57 Å². The fourth-order valence-electron chi connectivity index (χ4n) is 2.85. The van der Waals surface area contributed by atoms with Crippen molar-refractivity contribution < 1.29 is 19.2 Å². The summed E-state index contributed by atoms with van der Waals surface area (Å²) in [6.07, 6.45) is 3.25. The number of esters is 1. The highest BCUT2D eigenvalue weighted by Gasteiger charge is 2.49. The Labute approximate surface area is 129 Å². The molecule has 2 aliphatic rings. The summed E-state index contributed by atoms with van der Waals surface area (Å²) in [7, 11) is 0. The third-order valence-electron chi connectivity index (χ3n) is 3.93. The summed E-state index contributed by atoms with van der Waals surface area (Å²) < 4.78 is 5.70. The van der Waals surface area contributed by atoms with E-state index in [2.05, 4.69) is 5.16 Å². The van der Waals surface area contributed by atoms with Gasteiger partial charge in [-0.3, -0.25) is 9.59 Å². The second-order valence-corrected chi connectivity index (χ2v) is 6.77. The highest BCUT2D eigenvalue weighted by Crippen LogP contribution is 2.38. The van der Waals surface area contributed by atoms with Gasteiger partial charge in [-0.25, -0.2) is 0 Å². The number of thioether (sulfide) groups is 1. The molecule has 0 aromatic carbocycles. The highest BCUT2D eigenvalue weighted by molar-refractivity contribution is 7.99. The second-order valence-electron chi connectivity index (χ2n) is 5.54. The molecule has 2 fully saturated rings. The number of hydrogen-bond donors (Lipinski definition) is 0. The number of ketones is 1. The fraction of sp³-hybridized carbons (Fsp3) is 0.800. The van der Waals surface area contributed by atoms with Gasteiger partial charge in [0.25, 0.3) is 0 Å². The summed E-state index contributed by atoms with van der Waals surface area (Å²) in [6.45, 7) is 4.23. The molecular formula is C15H23NO4S. The van der Waals surface area contributed by atoms with Crippen molar-refractivity contribution >= 4 is 29.2 Å². The van der Waals surface area contributed by atoms with Crippen LogP contribution in [0.1, 0.15) is 46.0 Å². The van der Waals surface area contributed by atoms with Gasteiger partial charge in [-0.1, -0.05) is 18.5 Å². The number of carbonyl (C=O) groups is 2. The van der Waals surface area contributed by atoms with Gasteiger partial charge in [0.1, 0.15) is 12.2 Å². The molecule has 0 N–H and O–H groups in total. The summed E-state index contributed by atoms with van der Waals surface area (Å²) >= 11 is 1.84. The van der Waals surface area contributed by atoms with Gasteiger partial charge in [0.15, 0.2) is 11.7 Å². The van der Waals surface area contributed by atoms with E-state index in [4.69, 9.17) is 9.57 Å². The summed E-state index contributed by atoms with van der Waals surface area (Å²) in [4.78, 5) is 29.9. The zero-order chi connectivity index (χ0) is 15.3. The first-order valence-electron chi connectivity index (χ1n) is 7.64. The molecule has 0 amide bonds. The summed E-state index contributed by atoms with van der Waals surface area (Å²) in [5, 5.41) is 3.98. The van der Waals surface area contributed by atoms with Gasteiger partial charge >= 0.3 is 5.97 Å². The number of oxime groups is 1. The van der Waals surface area contributed by atoms with Crippen LogP contribution in [0.25, 0.3) is 0 Å². The Morgan fingerprint density at radius 1 is 1.38 bits per heavy atom. The van der Waals surface area contributed by atoms with E-state index in [9.17, 15) is 9.59 Å². The van der Waals surface area contributed by atoms with E-state index in [0.717, 1.165) is 30.8 Å². The van der Waals surface area contributed by atoms with Crippen molar-refractivity contribution in [3.63, 3.8) is 0 Å². The highest BCUT2D eigenvalue weighted by atomic mass is 32.2. The first-order valence-corrected chi connectivity index (χ1v) is 8.79. The van der Waals surface area contributed by atoms with E-state index in [0.29, 0.717) is 25.2 Å². The molecule has 2 aliphatic heterocycles. The van der Waals surface area contributed by atoms with E-state index in [1.807, 2.05) is 25.6 Å². The van der Waals surface area contributed by atoms with Gasteiger partial charge in [-0.05, 0) is 37.7 Å². The lowest BCUT2D eigenvalue weighted by Crippen LogP contribution is -2.51. The Morgan fingerprint density at radius 2 is 2.10 bits per heavy atom. The van der Waals surface area contributed by atoms with Crippen molar-refractivity contribution in [2.24, 2.45) is 11.1 Å². The lowest BCUT2D eigenvalue weighted by molar-refractivity contribution is -0.175. The predicted octanol–water partition coefficient (Wildman–Crippen LogP) is 2.58. The van der Waals surface area contributed by atoms with Crippen LogP contribution in [0.5, 0.6) is 0 Å². The Bertz CT molecular complexity index is 409. The molecule has 0 aromatic heterocycles. The number of rotatable bonds is 5. The monoisotopic (exact) mass is 313 g/mol. The summed E-state index contributed by atoms with van der Waals surface area (Å²) in [5.74, 6) is 0.520. The largest absolute Gasteiger partial charge is 0.458 e. The molecule has 2 heterocycles. The molecule has 0 aromatic rings. The molecule has 0 bridgehead atoms. The molecule has 5 nitrogen and oxygen atoms in total. The Balaban J connectivity index is 2.14. The number of ether oxygens (including phenoxy) is 1. The Morgan fingerprint density at radius 3 is 2.67 bits per heavy atom. The molecular weight excluding hydrogens is 290 g/mol. The van der Waals surface area contributed by atoms with Crippen LogP contribution in [0, 0.1) is 5.92 Å². The third kappa shape index (κ3) is 3.78. The molecule has 2 saturated heterocycles. The minimum atomic E-state index is -0.864. The van der Waals surface area contributed by atoms with Gasteiger partial charge in [-0.2, -0.15) is 11.8 Å². The topological polar surface area (TPSA) is 65.0 Å². The molecule has 2 rings (SSSR count). The van der Waals surface area contributed by atoms with E-state index >= 15 is 0 Å². The summed E-state index contributed by atoms with van der Waals surface area (Å²) in [6, 6.07) is 0. The predicted molar refractivity (Wildman–Crippen MR) is 82.5 cm³/mol. The Kier molecular flexibility index (Phi) is 5.67. The average molecular weight is 313 g/mol. The first kappa shape index (κ1) is 16.3. The van der Waals surface area contributed by atoms with E-state index in [-0.39, 0.29) is 5.78 Å². The van der Waals surface area contributed by atoms with Crippen LogP contribution >= 0.6 is 11.8 Å². The minimum absolute atomic E-state index is 0.0648. The minimum Gasteiger partial charge on any atom is -0.458 e. The van der Waals surface area contributed by atoms with Crippen LogP contribution < -0.4 is 0 Å². The quantitative estimate of drug-likeness (QED) is 0.338. The van der Waals surface area contributed by atoms with Crippen LogP contribution in [0.2, 0.25) is 0 Å². The molecule has 6 heteroatoms. The smallest absolute Gasteiger partial charge is 0.322 e. The molecule has 1 unspecified atom stereocenters. The van der Waals surface area contributed by atoms with Crippen LogP contribution in [0.4, 0.5) is 0 Å². The molecule has 0 aliphatic carbocycles. The van der Waals surface area contributed by atoms with Crippen molar-refractivity contribution in [2.45, 2.75) is 51.6 Å². The van der Waals surface area contributed by atoms with Crippen molar-refractivity contribution in [3.05, 3.63) is 0 Å². The molecule has 1 atom stereocenters. The SMILES string of the molecule is CCC/C(=N\OCC)C1C(=O)CC2(CCSCC2)OC1=O. The van der Waals surface area contributed by atoms with Gasteiger partial charge in [0, 0.05) is 6.42 Å². The molecule has 1 spiro atoms. The second kappa shape index (κ2) is 7.29. The van der Waals surface area contributed by atoms with Gasteiger partial charge in [0.2, 0.25) is 0 Å². The first-order chi connectivity index (χ1) is 10.1. The van der Waals surface area contributed by atoms with Crippen LogP contribution in [-0.2, 0) is 19.2 Å². The van der Waals surface area contributed by atoms with Crippen molar-refractivity contribution in [3.8, 4) is 0 Å². The fourth-order valence-corrected chi connectivity index (χ4v) is 4.09. The third-order valence-corrected chi connectivity index (χ3v) is 4.91. The number of nitrogens with zero attached hydrogens (tertiary/aromatic N) is 1. The average Bonchev–Trinajstić information content (AvgIpc) is 2.44. The van der Waals surface area contributed by atoms with Crippen LogP contribution in [-0.4, -0.2) is 41.2 Å². The Hall–Kier alpha value is -1.04. The van der Waals surface area contributed by atoms with E-state index in [1.165, 1.54) is 0 Å². The zero-order valence-electron chi connectivity index (χ0n) is 12.7. The maximum absolute atomic E-state index is 12.5. The normalized spacial score (nSPS) is 25.8. The van der Waals surface area contributed by atoms with E-state index < -0.39 is 17.5 Å². The molecule has 0 radical (unpaired) electrons. The maximum atomic E-state index is 12.5. The van der Waals surface area contributed by atoms with E-state index in [1.54, 1.807) is 0 Å². The van der Waals surface area contributed by atoms with Crippen molar-refractivity contribution in [1.82, 2.24) is 0 Å². The number of Topliss-reactive ketones (excluding diaryl/α,β-unsaturated/α-hetero) is 1. The van der Waals surface area contributed by atoms with Gasteiger partial charge in [0.05, 0.1) is 5.71 Å². The maximum Gasteiger partial charge on any atom is 0.322 e.